The second-order valence-electron chi connectivity index (χ2n) is 3.84. The standard InChI is InChI=1S/C13H10BrClN2O2/c14-9-5-11(13(18)19)12(17-7-9)16-6-8-2-1-3-10(15)4-8/h1-5,7H,6H2,(H,16,17)(H,18,19). The van der Waals surface area contributed by atoms with Gasteiger partial charge in [0.05, 0.1) is 0 Å². The highest BCUT2D eigenvalue weighted by Crippen LogP contribution is 2.19. The molecular formula is C13H10BrClN2O2. The lowest BCUT2D eigenvalue weighted by Gasteiger charge is -2.09. The van der Waals surface area contributed by atoms with Gasteiger partial charge < -0.3 is 10.4 Å². The van der Waals surface area contributed by atoms with Crippen molar-refractivity contribution in [2.24, 2.45) is 0 Å². The van der Waals surface area contributed by atoms with Crippen molar-refractivity contribution in [2.45, 2.75) is 6.54 Å². The van der Waals surface area contributed by atoms with Crippen molar-refractivity contribution in [3.8, 4) is 0 Å². The van der Waals surface area contributed by atoms with Gasteiger partial charge in [-0.2, -0.15) is 0 Å². The van der Waals surface area contributed by atoms with Crippen molar-refractivity contribution in [1.82, 2.24) is 4.98 Å². The van der Waals surface area contributed by atoms with Crippen LogP contribution in [0.25, 0.3) is 0 Å². The van der Waals surface area contributed by atoms with E-state index in [2.05, 4.69) is 26.2 Å². The minimum Gasteiger partial charge on any atom is -0.478 e. The molecule has 1 aromatic carbocycles. The Hall–Kier alpha value is -1.59. The van der Waals surface area contributed by atoms with E-state index in [-0.39, 0.29) is 5.56 Å². The van der Waals surface area contributed by atoms with E-state index in [1.165, 1.54) is 6.07 Å². The fourth-order valence-electron chi connectivity index (χ4n) is 1.58. The van der Waals surface area contributed by atoms with Crippen LogP contribution in [0.5, 0.6) is 0 Å². The first-order chi connectivity index (χ1) is 9.06. The lowest BCUT2D eigenvalue weighted by Crippen LogP contribution is -2.08. The highest BCUT2D eigenvalue weighted by molar-refractivity contribution is 9.10. The lowest BCUT2D eigenvalue weighted by molar-refractivity contribution is 0.0697. The molecule has 6 heteroatoms. The van der Waals surface area contributed by atoms with E-state index < -0.39 is 5.97 Å². The molecular weight excluding hydrogens is 332 g/mol. The number of carbonyl (C=O) groups is 1. The third-order valence-electron chi connectivity index (χ3n) is 2.43. The Labute approximate surface area is 123 Å². The molecule has 2 rings (SSSR count). The maximum absolute atomic E-state index is 11.1. The van der Waals surface area contributed by atoms with Crippen molar-refractivity contribution in [2.75, 3.05) is 5.32 Å². The predicted molar refractivity (Wildman–Crippen MR) is 77.7 cm³/mol. The van der Waals surface area contributed by atoms with E-state index in [4.69, 9.17) is 16.7 Å². The number of nitrogens with zero attached hydrogens (tertiary/aromatic N) is 1. The van der Waals surface area contributed by atoms with Crippen LogP contribution in [0.3, 0.4) is 0 Å². The molecule has 0 radical (unpaired) electrons. The Morgan fingerprint density at radius 3 is 2.89 bits per heavy atom. The number of rotatable bonds is 4. The summed E-state index contributed by atoms with van der Waals surface area (Å²) >= 11 is 9.08. The van der Waals surface area contributed by atoms with Gasteiger partial charge in [0, 0.05) is 22.2 Å². The number of halogens is 2. The first-order valence-corrected chi connectivity index (χ1v) is 6.60. The molecule has 2 N–H and O–H groups in total. The molecule has 1 aromatic heterocycles. The van der Waals surface area contributed by atoms with E-state index in [9.17, 15) is 4.79 Å². The SMILES string of the molecule is O=C(O)c1cc(Br)cnc1NCc1cccc(Cl)c1. The van der Waals surface area contributed by atoms with E-state index in [0.29, 0.717) is 21.9 Å². The molecule has 0 aliphatic heterocycles. The van der Waals surface area contributed by atoms with Crippen LogP contribution >= 0.6 is 27.5 Å². The van der Waals surface area contributed by atoms with Gasteiger partial charge >= 0.3 is 5.97 Å². The molecule has 0 bridgehead atoms. The predicted octanol–water partition coefficient (Wildman–Crippen LogP) is 3.81. The van der Waals surface area contributed by atoms with E-state index in [1.54, 1.807) is 12.3 Å². The maximum Gasteiger partial charge on any atom is 0.339 e. The number of benzene rings is 1. The van der Waals surface area contributed by atoms with Crippen molar-refractivity contribution >= 4 is 39.3 Å². The van der Waals surface area contributed by atoms with Gasteiger partial charge in [-0.25, -0.2) is 9.78 Å². The van der Waals surface area contributed by atoms with Crippen LogP contribution in [0.1, 0.15) is 15.9 Å². The van der Waals surface area contributed by atoms with Gasteiger partial charge in [-0.05, 0) is 39.7 Å². The number of hydrogen-bond acceptors (Lipinski definition) is 3. The second-order valence-corrected chi connectivity index (χ2v) is 5.19. The third kappa shape index (κ3) is 3.68. The average molecular weight is 342 g/mol. The lowest BCUT2D eigenvalue weighted by atomic mass is 10.2. The topological polar surface area (TPSA) is 62.2 Å². The molecule has 0 saturated carbocycles. The number of hydrogen-bond donors (Lipinski definition) is 2. The first kappa shape index (κ1) is 13.8. The summed E-state index contributed by atoms with van der Waals surface area (Å²) < 4.78 is 0.623. The summed E-state index contributed by atoms with van der Waals surface area (Å²) in [6.07, 6.45) is 1.55. The van der Waals surface area contributed by atoms with Gasteiger partial charge in [0.15, 0.2) is 0 Å². The summed E-state index contributed by atoms with van der Waals surface area (Å²) in [6.45, 7) is 0.454. The molecule has 0 atom stereocenters. The monoisotopic (exact) mass is 340 g/mol. The van der Waals surface area contributed by atoms with E-state index in [0.717, 1.165) is 5.56 Å². The molecule has 0 aliphatic rings. The van der Waals surface area contributed by atoms with Gasteiger partial charge in [0.25, 0.3) is 0 Å². The molecule has 19 heavy (non-hydrogen) atoms. The Kier molecular flexibility index (Phi) is 4.39. The minimum absolute atomic E-state index is 0.122. The molecule has 0 fully saturated rings. The quantitative estimate of drug-likeness (QED) is 0.888. The van der Waals surface area contributed by atoms with Crippen LogP contribution in [-0.2, 0) is 6.54 Å². The number of nitrogens with one attached hydrogen (secondary N) is 1. The summed E-state index contributed by atoms with van der Waals surface area (Å²) in [5, 5.41) is 12.7. The van der Waals surface area contributed by atoms with Gasteiger partial charge in [0.2, 0.25) is 0 Å². The maximum atomic E-state index is 11.1. The number of aromatic carboxylic acids is 1. The Morgan fingerprint density at radius 1 is 1.42 bits per heavy atom. The zero-order valence-corrected chi connectivity index (χ0v) is 12.1. The summed E-state index contributed by atoms with van der Waals surface area (Å²) in [5.74, 6) is -0.696. The Morgan fingerprint density at radius 2 is 2.21 bits per heavy atom. The highest BCUT2D eigenvalue weighted by atomic mass is 79.9. The first-order valence-electron chi connectivity index (χ1n) is 5.43. The summed E-state index contributed by atoms with van der Waals surface area (Å²) in [6, 6.07) is 8.85. The molecule has 98 valence electrons. The second kappa shape index (κ2) is 6.04. The van der Waals surface area contributed by atoms with E-state index in [1.807, 2.05) is 18.2 Å². The van der Waals surface area contributed by atoms with E-state index >= 15 is 0 Å². The van der Waals surface area contributed by atoms with Crippen molar-refractivity contribution < 1.29 is 9.90 Å². The highest BCUT2D eigenvalue weighted by Gasteiger charge is 2.11. The van der Waals surface area contributed by atoms with Gasteiger partial charge in [-0.3, -0.25) is 0 Å². The fraction of sp³-hybridized carbons (Fsp3) is 0.0769. The molecule has 2 aromatic rings. The number of aromatic nitrogens is 1. The third-order valence-corrected chi connectivity index (χ3v) is 3.10. The normalized spacial score (nSPS) is 10.2. The zero-order chi connectivity index (χ0) is 13.8. The number of pyridine rings is 1. The number of anilines is 1. The van der Waals surface area contributed by atoms with Gasteiger partial charge in [-0.1, -0.05) is 23.7 Å². The van der Waals surface area contributed by atoms with Crippen molar-refractivity contribution in [3.63, 3.8) is 0 Å². The van der Waals surface area contributed by atoms with Crippen LogP contribution < -0.4 is 5.32 Å². The Balaban J connectivity index is 2.17. The molecule has 0 unspecified atom stereocenters. The van der Waals surface area contributed by atoms with Crippen molar-refractivity contribution in [1.29, 1.82) is 0 Å². The van der Waals surface area contributed by atoms with Crippen LogP contribution in [0.2, 0.25) is 5.02 Å². The molecule has 4 nitrogen and oxygen atoms in total. The average Bonchev–Trinajstić information content (AvgIpc) is 2.37. The molecule has 0 saturated heterocycles. The molecule has 0 spiro atoms. The van der Waals surface area contributed by atoms with Crippen molar-refractivity contribution in [3.05, 3.63) is 57.2 Å². The van der Waals surface area contributed by atoms with Crippen LogP contribution in [0.15, 0.2) is 41.0 Å². The van der Waals surface area contributed by atoms with Crippen LogP contribution in [0, 0.1) is 0 Å². The number of carboxylic acid groups (broad SMARTS) is 1. The summed E-state index contributed by atoms with van der Waals surface area (Å²) in [4.78, 5) is 15.2. The van der Waals surface area contributed by atoms with Crippen LogP contribution in [-0.4, -0.2) is 16.1 Å². The minimum atomic E-state index is -1.03. The molecule has 0 amide bonds. The molecule has 1 heterocycles. The fourth-order valence-corrected chi connectivity index (χ4v) is 2.12. The zero-order valence-electron chi connectivity index (χ0n) is 9.73. The van der Waals surface area contributed by atoms with Gasteiger partial charge in [0.1, 0.15) is 11.4 Å². The number of carboxylic acids is 1. The largest absolute Gasteiger partial charge is 0.478 e. The summed E-state index contributed by atoms with van der Waals surface area (Å²) in [7, 11) is 0. The van der Waals surface area contributed by atoms with Gasteiger partial charge in [-0.15, -0.1) is 0 Å². The Bertz CT molecular complexity index is 619. The van der Waals surface area contributed by atoms with Crippen LogP contribution in [0.4, 0.5) is 5.82 Å². The smallest absolute Gasteiger partial charge is 0.339 e. The summed E-state index contributed by atoms with van der Waals surface area (Å²) in [5.41, 5.74) is 1.07. The molecule has 0 aliphatic carbocycles.